The van der Waals surface area contributed by atoms with Crippen LogP contribution in [0.1, 0.15) is 37.4 Å². The van der Waals surface area contributed by atoms with Crippen LogP contribution in [0.5, 0.6) is 0 Å². The number of carbonyl (C=O) groups excluding carboxylic acids is 2. The summed E-state index contributed by atoms with van der Waals surface area (Å²) in [7, 11) is 0. The molecule has 4 rings (SSSR count). The van der Waals surface area contributed by atoms with Gasteiger partial charge in [-0.3, -0.25) is 9.59 Å². The number of amides is 2. The Hall–Kier alpha value is -4.67. The van der Waals surface area contributed by atoms with E-state index in [0.717, 1.165) is 34.1 Å². The summed E-state index contributed by atoms with van der Waals surface area (Å²) in [6.07, 6.45) is -3.62. The minimum absolute atomic E-state index is 0.0923. The number of primary amides is 1. The number of halogens is 3. The minimum Gasteiger partial charge on any atom is -0.383 e. The number of anilines is 1. The van der Waals surface area contributed by atoms with Gasteiger partial charge in [-0.05, 0) is 36.2 Å². The molecule has 8 nitrogen and oxygen atoms in total. The lowest BCUT2D eigenvalue weighted by Gasteiger charge is -2.09. The number of aromatic nitrogens is 3. The summed E-state index contributed by atoms with van der Waals surface area (Å²) >= 11 is 0. The largest absolute Gasteiger partial charge is 0.416 e. The number of hydrogen-bond donors (Lipinski definition) is 3. The van der Waals surface area contributed by atoms with Crippen molar-refractivity contribution in [3.05, 3.63) is 94.7 Å². The van der Waals surface area contributed by atoms with Crippen molar-refractivity contribution >= 4 is 17.6 Å². The molecule has 36 heavy (non-hydrogen) atoms. The van der Waals surface area contributed by atoms with Crippen LogP contribution in [0, 0.1) is 6.92 Å². The predicted octanol–water partition coefficient (Wildman–Crippen LogP) is 3.87. The Bertz CT molecular complexity index is 1450. The lowest BCUT2D eigenvalue weighted by molar-refractivity contribution is -0.137. The van der Waals surface area contributed by atoms with E-state index in [9.17, 15) is 22.8 Å². The summed E-state index contributed by atoms with van der Waals surface area (Å²) in [6, 6.07) is 15.5. The SMILES string of the molecule is Cc1ccccc1C(=O)NCc1ccc(-c2nn(-c3cc(C(F)(F)F)ccn3)c(N)c2C(N)=O)cc1. The fourth-order valence-electron chi connectivity index (χ4n) is 3.65. The number of alkyl halides is 3. The molecule has 0 aliphatic carbocycles. The van der Waals surface area contributed by atoms with E-state index < -0.39 is 17.6 Å². The smallest absolute Gasteiger partial charge is 0.383 e. The number of carbonyl (C=O) groups is 2. The van der Waals surface area contributed by atoms with Crippen molar-refractivity contribution in [1.82, 2.24) is 20.1 Å². The van der Waals surface area contributed by atoms with Crippen LogP contribution in [0.4, 0.5) is 19.0 Å². The second-order valence-corrected chi connectivity index (χ2v) is 7.98. The molecule has 2 amide bonds. The molecule has 0 fully saturated rings. The van der Waals surface area contributed by atoms with Gasteiger partial charge in [-0.25, -0.2) is 4.98 Å². The van der Waals surface area contributed by atoms with Gasteiger partial charge in [0.1, 0.15) is 17.1 Å². The Kier molecular flexibility index (Phi) is 6.47. The van der Waals surface area contributed by atoms with Gasteiger partial charge in [0.2, 0.25) is 0 Å². The van der Waals surface area contributed by atoms with Gasteiger partial charge >= 0.3 is 6.18 Å². The molecule has 0 saturated carbocycles. The Morgan fingerprint density at radius 2 is 1.75 bits per heavy atom. The number of nitrogens with one attached hydrogen (secondary N) is 1. The third-order valence-electron chi connectivity index (χ3n) is 5.53. The zero-order valence-corrected chi connectivity index (χ0v) is 19.0. The third kappa shape index (κ3) is 4.90. The number of benzene rings is 2. The average molecular weight is 494 g/mol. The third-order valence-corrected chi connectivity index (χ3v) is 5.53. The number of nitrogens with zero attached hydrogens (tertiary/aromatic N) is 3. The van der Waals surface area contributed by atoms with Crippen LogP contribution in [0.3, 0.4) is 0 Å². The highest BCUT2D eigenvalue weighted by Crippen LogP contribution is 2.32. The molecule has 0 unspecified atom stereocenters. The molecule has 0 bridgehead atoms. The van der Waals surface area contributed by atoms with Gasteiger partial charge in [-0.1, -0.05) is 42.5 Å². The molecule has 0 saturated heterocycles. The zero-order valence-electron chi connectivity index (χ0n) is 19.0. The number of rotatable bonds is 6. The molecule has 5 N–H and O–H groups in total. The van der Waals surface area contributed by atoms with Crippen molar-refractivity contribution in [2.75, 3.05) is 5.73 Å². The van der Waals surface area contributed by atoms with Crippen LogP contribution < -0.4 is 16.8 Å². The Labute approximate surface area is 203 Å². The van der Waals surface area contributed by atoms with E-state index in [1.807, 2.05) is 19.1 Å². The molecule has 0 aliphatic rings. The summed E-state index contributed by atoms with van der Waals surface area (Å²) in [5, 5.41) is 7.08. The minimum atomic E-state index is -4.60. The maximum atomic E-state index is 13.1. The number of nitrogen functional groups attached to an aromatic ring is 1. The normalized spacial score (nSPS) is 11.3. The fraction of sp³-hybridized carbons (Fsp3) is 0.120. The number of aryl methyl sites for hydroxylation is 1. The number of hydrogen-bond acceptors (Lipinski definition) is 5. The molecular formula is C25H21F3N6O2. The van der Waals surface area contributed by atoms with Crippen molar-refractivity contribution in [3.8, 4) is 17.1 Å². The molecule has 0 spiro atoms. The van der Waals surface area contributed by atoms with Gasteiger partial charge in [0.05, 0.1) is 5.56 Å². The second kappa shape index (κ2) is 9.53. The lowest BCUT2D eigenvalue weighted by Crippen LogP contribution is -2.23. The second-order valence-electron chi connectivity index (χ2n) is 7.98. The van der Waals surface area contributed by atoms with E-state index in [0.29, 0.717) is 11.1 Å². The van der Waals surface area contributed by atoms with E-state index >= 15 is 0 Å². The van der Waals surface area contributed by atoms with Crippen molar-refractivity contribution < 1.29 is 22.8 Å². The Balaban J connectivity index is 1.61. The van der Waals surface area contributed by atoms with E-state index in [1.165, 1.54) is 0 Å². The molecule has 11 heteroatoms. The molecule has 0 radical (unpaired) electrons. The average Bonchev–Trinajstić information content (AvgIpc) is 3.20. The maximum Gasteiger partial charge on any atom is 0.416 e. The van der Waals surface area contributed by atoms with Crippen LogP contribution >= 0.6 is 0 Å². The molecule has 2 aromatic heterocycles. The molecule has 184 valence electrons. The number of pyridine rings is 1. The monoisotopic (exact) mass is 494 g/mol. The molecule has 2 heterocycles. The number of nitrogens with two attached hydrogens (primary N) is 2. The van der Waals surface area contributed by atoms with Crippen LogP contribution in [0.15, 0.2) is 66.9 Å². The van der Waals surface area contributed by atoms with E-state index in [2.05, 4.69) is 15.4 Å². The molecule has 0 aliphatic heterocycles. The zero-order chi connectivity index (χ0) is 26.0. The topological polar surface area (TPSA) is 129 Å². The molecule has 0 atom stereocenters. The summed E-state index contributed by atoms with van der Waals surface area (Å²) in [5.74, 6) is -1.56. The van der Waals surface area contributed by atoms with Crippen molar-refractivity contribution in [2.24, 2.45) is 5.73 Å². The highest BCUT2D eigenvalue weighted by atomic mass is 19.4. The standard InChI is InChI=1S/C25H21F3N6O2/c1-14-4-2-3-5-18(14)24(36)32-13-15-6-8-16(9-7-15)21-20(23(30)35)22(29)34(33-21)19-12-17(10-11-31-19)25(26,27)28/h2-12H,13,29H2,1H3,(H2,30,35)(H,32,36). The van der Waals surface area contributed by atoms with Gasteiger partial charge in [-0.15, -0.1) is 0 Å². The molecule has 2 aromatic carbocycles. The molecular weight excluding hydrogens is 473 g/mol. The summed E-state index contributed by atoms with van der Waals surface area (Å²) in [5.41, 5.74) is 13.2. The van der Waals surface area contributed by atoms with Gasteiger partial charge in [0, 0.05) is 23.9 Å². The highest BCUT2D eigenvalue weighted by molar-refractivity contribution is 6.03. The van der Waals surface area contributed by atoms with Crippen LogP contribution in [-0.4, -0.2) is 26.6 Å². The fourth-order valence-corrected chi connectivity index (χ4v) is 3.65. The van der Waals surface area contributed by atoms with Crippen LogP contribution in [-0.2, 0) is 12.7 Å². The maximum absolute atomic E-state index is 13.1. The summed E-state index contributed by atoms with van der Waals surface area (Å²) in [6.45, 7) is 2.10. The quantitative estimate of drug-likeness (QED) is 0.375. The predicted molar refractivity (Wildman–Crippen MR) is 127 cm³/mol. The summed E-state index contributed by atoms with van der Waals surface area (Å²) in [4.78, 5) is 28.5. The first-order valence-electron chi connectivity index (χ1n) is 10.7. The van der Waals surface area contributed by atoms with Crippen molar-refractivity contribution in [1.29, 1.82) is 0 Å². The first-order valence-corrected chi connectivity index (χ1v) is 10.7. The van der Waals surface area contributed by atoms with Gasteiger partial charge in [0.25, 0.3) is 11.8 Å². The van der Waals surface area contributed by atoms with Crippen LogP contribution in [0.25, 0.3) is 17.1 Å². The van der Waals surface area contributed by atoms with Crippen LogP contribution in [0.2, 0.25) is 0 Å². The summed E-state index contributed by atoms with van der Waals surface area (Å²) < 4.78 is 40.4. The first kappa shape index (κ1) is 24.5. The van der Waals surface area contributed by atoms with Gasteiger partial charge in [-0.2, -0.15) is 23.0 Å². The van der Waals surface area contributed by atoms with E-state index in [4.69, 9.17) is 11.5 Å². The first-order chi connectivity index (χ1) is 17.1. The van der Waals surface area contributed by atoms with Crippen molar-refractivity contribution in [2.45, 2.75) is 19.6 Å². The highest BCUT2D eigenvalue weighted by Gasteiger charge is 2.31. The Morgan fingerprint density at radius 1 is 1.06 bits per heavy atom. The Morgan fingerprint density at radius 3 is 2.39 bits per heavy atom. The molecule has 4 aromatic rings. The van der Waals surface area contributed by atoms with E-state index in [-0.39, 0.29) is 35.3 Å². The van der Waals surface area contributed by atoms with Gasteiger partial charge < -0.3 is 16.8 Å². The van der Waals surface area contributed by atoms with Gasteiger partial charge in [0.15, 0.2) is 5.82 Å². The van der Waals surface area contributed by atoms with Crippen molar-refractivity contribution in [3.63, 3.8) is 0 Å². The van der Waals surface area contributed by atoms with E-state index in [1.54, 1.807) is 36.4 Å². The lowest BCUT2D eigenvalue weighted by atomic mass is 10.0.